The van der Waals surface area contributed by atoms with Gasteiger partial charge in [0.2, 0.25) is 5.75 Å². The molecule has 25 heavy (non-hydrogen) atoms. The van der Waals surface area contributed by atoms with Gasteiger partial charge in [-0.1, -0.05) is 31.9 Å². The van der Waals surface area contributed by atoms with Crippen molar-refractivity contribution in [2.45, 2.75) is 0 Å². The number of rotatable bonds is 6. The molecule has 0 heterocycles. The number of carbonyl (C=O) groups is 1. The Bertz CT molecular complexity index is 825. The van der Waals surface area contributed by atoms with Gasteiger partial charge in [-0.3, -0.25) is 14.9 Å². The topological polar surface area (TPSA) is 114 Å². The largest absolute Gasteiger partial charge is 0.502 e. The molecule has 8 nitrogen and oxygen atoms in total. The van der Waals surface area contributed by atoms with E-state index in [9.17, 15) is 20.0 Å². The van der Waals surface area contributed by atoms with Crippen LogP contribution in [-0.2, 0) is 4.79 Å². The second-order valence-electron chi connectivity index (χ2n) is 4.66. The number of nitrogens with zero attached hydrogens (tertiary/aromatic N) is 2. The number of phenols is 1. The third kappa shape index (κ3) is 5.54. The van der Waals surface area contributed by atoms with Gasteiger partial charge >= 0.3 is 5.69 Å². The first-order valence-corrected chi connectivity index (χ1v) is 8.32. The van der Waals surface area contributed by atoms with Crippen molar-refractivity contribution in [1.29, 1.82) is 0 Å². The molecule has 0 saturated carbocycles. The molecule has 2 aromatic rings. The van der Waals surface area contributed by atoms with E-state index in [0.29, 0.717) is 10.2 Å². The number of ether oxygens (including phenoxy) is 1. The van der Waals surface area contributed by atoms with E-state index in [2.05, 4.69) is 42.4 Å². The van der Waals surface area contributed by atoms with Crippen LogP contribution < -0.4 is 10.2 Å². The third-order valence-electron chi connectivity index (χ3n) is 2.86. The zero-order chi connectivity index (χ0) is 18.4. The zero-order valence-electron chi connectivity index (χ0n) is 12.5. The van der Waals surface area contributed by atoms with Gasteiger partial charge in [0.1, 0.15) is 5.75 Å². The number of nitro groups is 1. The van der Waals surface area contributed by atoms with E-state index < -0.39 is 22.3 Å². The third-order valence-corrected chi connectivity index (χ3v) is 3.84. The summed E-state index contributed by atoms with van der Waals surface area (Å²) in [5, 5.41) is 24.3. The van der Waals surface area contributed by atoms with Gasteiger partial charge in [0, 0.05) is 20.6 Å². The average Bonchev–Trinajstić information content (AvgIpc) is 2.57. The lowest BCUT2D eigenvalue weighted by Gasteiger charge is -2.05. The minimum absolute atomic E-state index is 0.0789. The summed E-state index contributed by atoms with van der Waals surface area (Å²) < 4.78 is 6.54. The number of halogens is 2. The highest BCUT2D eigenvalue weighted by Gasteiger charge is 2.17. The van der Waals surface area contributed by atoms with E-state index in [1.54, 1.807) is 24.3 Å². The minimum atomic E-state index is -0.720. The molecule has 0 aliphatic carbocycles. The molecule has 1 amide bonds. The number of amides is 1. The summed E-state index contributed by atoms with van der Waals surface area (Å²) in [7, 11) is 0. The summed E-state index contributed by atoms with van der Waals surface area (Å²) in [6.45, 7) is -0.260. The smallest absolute Gasteiger partial charge is 0.312 e. The molecular weight excluding hydrogens is 462 g/mol. The summed E-state index contributed by atoms with van der Waals surface area (Å²) in [5.41, 5.74) is 1.82. The minimum Gasteiger partial charge on any atom is -0.502 e. The van der Waals surface area contributed by atoms with Gasteiger partial charge in [-0.05, 0) is 30.3 Å². The number of hydrogen-bond acceptors (Lipinski definition) is 6. The Morgan fingerprint density at radius 3 is 2.60 bits per heavy atom. The van der Waals surface area contributed by atoms with E-state index in [4.69, 9.17) is 4.74 Å². The summed E-state index contributed by atoms with van der Waals surface area (Å²) in [6.07, 6.45) is 1.10. The highest BCUT2D eigenvalue weighted by Crippen LogP contribution is 2.32. The van der Waals surface area contributed by atoms with Crippen LogP contribution in [-0.4, -0.2) is 28.8 Å². The van der Waals surface area contributed by atoms with Gasteiger partial charge in [-0.2, -0.15) is 5.10 Å². The fourth-order valence-electron chi connectivity index (χ4n) is 1.73. The predicted molar refractivity (Wildman–Crippen MR) is 97.8 cm³/mol. The van der Waals surface area contributed by atoms with Crippen LogP contribution in [0.5, 0.6) is 11.5 Å². The molecule has 0 aliphatic heterocycles. The summed E-state index contributed by atoms with van der Waals surface area (Å²) in [6, 6.07) is 9.52. The Morgan fingerprint density at radius 2 is 1.96 bits per heavy atom. The highest BCUT2D eigenvalue weighted by molar-refractivity contribution is 9.10. The van der Waals surface area contributed by atoms with E-state index in [1.807, 2.05) is 0 Å². The predicted octanol–water partition coefficient (Wildman–Crippen LogP) is 3.35. The Balaban J connectivity index is 1.95. The molecule has 0 spiro atoms. The van der Waals surface area contributed by atoms with Crippen molar-refractivity contribution in [2.75, 3.05) is 6.61 Å². The highest BCUT2D eigenvalue weighted by atomic mass is 79.9. The van der Waals surface area contributed by atoms with Crippen molar-refractivity contribution in [1.82, 2.24) is 5.43 Å². The zero-order valence-corrected chi connectivity index (χ0v) is 15.7. The lowest BCUT2D eigenvalue weighted by Crippen LogP contribution is -2.24. The number of carbonyl (C=O) groups excluding carboxylic acids is 1. The molecule has 0 bridgehead atoms. The number of phenolic OH excluding ortho intramolecular Hbond substituents is 1. The van der Waals surface area contributed by atoms with Crippen LogP contribution >= 0.6 is 31.9 Å². The van der Waals surface area contributed by atoms with Crippen LogP contribution in [0.1, 0.15) is 5.56 Å². The Labute approximate surface area is 158 Å². The van der Waals surface area contributed by atoms with Crippen LogP contribution in [0, 0.1) is 10.1 Å². The number of aromatic hydroxyl groups is 1. The Morgan fingerprint density at radius 1 is 1.28 bits per heavy atom. The summed E-state index contributed by atoms with van der Waals surface area (Å²) in [4.78, 5) is 21.8. The van der Waals surface area contributed by atoms with Gasteiger partial charge in [-0.15, -0.1) is 0 Å². The normalized spacial score (nSPS) is 10.6. The number of nitrogens with one attached hydrogen (secondary N) is 1. The van der Waals surface area contributed by atoms with Crippen molar-refractivity contribution < 1.29 is 19.6 Å². The molecule has 2 rings (SSSR count). The van der Waals surface area contributed by atoms with Crippen molar-refractivity contribution in [3.05, 3.63) is 61.0 Å². The molecule has 130 valence electrons. The van der Waals surface area contributed by atoms with E-state index >= 15 is 0 Å². The molecule has 2 aromatic carbocycles. The van der Waals surface area contributed by atoms with E-state index in [-0.39, 0.29) is 12.2 Å². The molecule has 0 atom stereocenters. The van der Waals surface area contributed by atoms with Crippen molar-refractivity contribution in [3.63, 3.8) is 0 Å². The van der Waals surface area contributed by atoms with Crippen molar-refractivity contribution >= 4 is 49.7 Å². The SMILES string of the molecule is O=C(COc1ccc(Br)cc1)N/N=C\c1cc(Br)cc([N+](=O)[O-])c1O. The molecular formula is C15H11Br2N3O5. The molecule has 10 heteroatoms. The van der Waals surface area contributed by atoms with Crippen molar-refractivity contribution in [2.24, 2.45) is 5.10 Å². The van der Waals surface area contributed by atoms with Crippen LogP contribution in [0.2, 0.25) is 0 Å². The van der Waals surface area contributed by atoms with Gasteiger partial charge in [-0.25, -0.2) is 5.43 Å². The number of hydrogen-bond donors (Lipinski definition) is 2. The second kappa shape index (κ2) is 8.58. The van der Waals surface area contributed by atoms with Crippen LogP contribution in [0.25, 0.3) is 0 Å². The van der Waals surface area contributed by atoms with Gasteiger partial charge in [0.25, 0.3) is 5.91 Å². The number of hydrazone groups is 1. The maximum Gasteiger partial charge on any atom is 0.312 e. The van der Waals surface area contributed by atoms with Crippen LogP contribution in [0.3, 0.4) is 0 Å². The summed E-state index contributed by atoms with van der Waals surface area (Å²) >= 11 is 6.39. The fourth-order valence-corrected chi connectivity index (χ4v) is 2.46. The average molecular weight is 473 g/mol. The molecule has 2 N–H and O–H groups in total. The number of benzene rings is 2. The number of nitro benzene ring substituents is 1. The van der Waals surface area contributed by atoms with Gasteiger partial charge < -0.3 is 9.84 Å². The maximum atomic E-state index is 11.7. The monoisotopic (exact) mass is 471 g/mol. The Hall–Kier alpha value is -2.46. The quantitative estimate of drug-likeness (QED) is 0.380. The van der Waals surface area contributed by atoms with E-state index in [0.717, 1.165) is 16.8 Å². The van der Waals surface area contributed by atoms with E-state index in [1.165, 1.54) is 6.07 Å². The lowest BCUT2D eigenvalue weighted by molar-refractivity contribution is -0.385. The fraction of sp³-hybridized carbons (Fsp3) is 0.0667. The molecule has 0 aliphatic rings. The molecule has 0 fully saturated rings. The van der Waals surface area contributed by atoms with Crippen LogP contribution in [0.4, 0.5) is 5.69 Å². The van der Waals surface area contributed by atoms with Gasteiger partial charge in [0.05, 0.1) is 11.1 Å². The molecule has 0 radical (unpaired) electrons. The maximum absolute atomic E-state index is 11.7. The van der Waals surface area contributed by atoms with Gasteiger partial charge in [0.15, 0.2) is 6.61 Å². The first-order chi connectivity index (χ1) is 11.9. The second-order valence-corrected chi connectivity index (χ2v) is 6.49. The molecule has 0 saturated heterocycles. The van der Waals surface area contributed by atoms with Crippen molar-refractivity contribution in [3.8, 4) is 11.5 Å². The summed E-state index contributed by atoms with van der Waals surface area (Å²) in [5.74, 6) is -0.553. The lowest BCUT2D eigenvalue weighted by atomic mass is 10.2. The first-order valence-electron chi connectivity index (χ1n) is 6.74. The van der Waals surface area contributed by atoms with Crippen LogP contribution in [0.15, 0.2) is 50.4 Å². The molecule has 0 unspecified atom stereocenters. The molecule has 0 aromatic heterocycles. The standard InChI is InChI=1S/C15H11Br2N3O5/c16-10-1-3-12(4-2-10)25-8-14(21)19-18-7-9-5-11(17)6-13(15(9)22)20(23)24/h1-7,22H,8H2,(H,19,21)/b18-7-. The Kier molecular flexibility index (Phi) is 6.48. The first kappa shape index (κ1) is 18.9.